The third-order valence-electron chi connectivity index (χ3n) is 2.97. The van der Waals surface area contributed by atoms with Gasteiger partial charge in [0.25, 0.3) is 0 Å². The van der Waals surface area contributed by atoms with Crippen molar-refractivity contribution < 1.29 is 0 Å². The van der Waals surface area contributed by atoms with E-state index in [0.717, 1.165) is 24.3 Å². The zero-order chi connectivity index (χ0) is 12.8. The Morgan fingerprint density at radius 3 is 2.56 bits per heavy atom. The summed E-state index contributed by atoms with van der Waals surface area (Å²) in [5.41, 5.74) is 8.28. The molecule has 3 nitrogen and oxygen atoms in total. The highest BCUT2D eigenvalue weighted by Crippen LogP contribution is 2.14. The normalized spacial score (nSPS) is 12.1. The fourth-order valence-electron chi connectivity index (χ4n) is 1.75. The number of nitrogens with one attached hydrogen (secondary N) is 1. The Hall–Kier alpha value is -1.87. The SMILES string of the molecule is CC[C@@H](N)c1ccc(NCc2ccccc2)nc1. The molecule has 0 aliphatic rings. The average molecular weight is 241 g/mol. The van der Waals surface area contributed by atoms with E-state index in [9.17, 15) is 0 Å². The van der Waals surface area contributed by atoms with Gasteiger partial charge in [-0.3, -0.25) is 0 Å². The van der Waals surface area contributed by atoms with E-state index < -0.39 is 0 Å². The number of hydrogen-bond acceptors (Lipinski definition) is 3. The molecule has 2 aromatic rings. The monoisotopic (exact) mass is 241 g/mol. The molecule has 0 spiro atoms. The van der Waals surface area contributed by atoms with Gasteiger partial charge in [-0.2, -0.15) is 0 Å². The Kier molecular flexibility index (Phi) is 4.31. The number of rotatable bonds is 5. The summed E-state index contributed by atoms with van der Waals surface area (Å²) in [6.07, 6.45) is 2.78. The molecule has 1 heterocycles. The van der Waals surface area contributed by atoms with Crippen molar-refractivity contribution in [3.05, 3.63) is 59.8 Å². The highest BCUT2D eigenvalue weighted by Gasteiger charge is 2.03. The van der Waals surface area contributed by atoms with Crippen molar-refractivity contribution in [2.45, 2.75) is 25.9 Å². The van der Waals surface area contributed by atoms with Crippen LogP contribution in [0.2, 0.25) is 0 Å². The van der Waals surface area contributed by atoms with Crippen LogP contribution in [0.3, 0.4) is 0 Å². The lowest BCUT2D eigenvalue weighted by molar-refractivity contribution is 0.695. The van der Waals surface area contributed by atoms with Gasteiger partial charge in [0.15, 0.2) is 0 Å². The van der Waals surface area contributed by atoms with E-state index in [2.05, 4.69) is 29.4 Å². The zero-order valence-corrected chi connectivity index (χ0v) is 10.6. The largest absolute Gasteiger partial charge is 0.366 e. The molecule has 1 atom stereocenters. The fraction of sp³-hybridized carbons (Fsp3) is 0.267. The van der Waals surface area contributed by atoms with Gasteiger partial charge in [0.05, 0.1) is 0 Å². The molecule has 0 radical (unpaired) electrons. The van der Waals surface area contributed by atoms with E-state index in [0.29, 0.717) is 0 Å². The zero-order valence-electron chi connectivity index (χ0n) is 10.6. The first-order chi connectivity index (χ1) is 8.79. The molecule has 0 aliphatic heterocycles. The lowest BCUT2D eigenvalue weighted by atomic mass is 10.1. The van der Waals surface area contributed by atoms with Crippen LogP contribution in [0.25, 0.3) is 0 Å². The van der Waals surface area contributed by atoms with Crippen molar-refractivity contribution in [1.29, 1.82) is 0 Å². The Labute approximate surface area is 108 Å². The summed E-state index contributed by atoms with van der Waals surface area (Å²) in [5, 5.41) is 3.29. The summed E-state index contributed by atoms with van der Waals surface area (Å²) < 4.78 is 0. The molecule has 1 aromatic carbocycles. The van der Waals surface area contributed by atoms with Gasteiger partial charge in [-0.05, 0) is 23.6 Å². The van der Waals surface area contributed by atoms with E-state index in [-0.39, 0.29) is 6.04 Å². The van der Waals surface area contributed by atoms with Crippen molar-refractivity contribution >= 4 is 5.82 Å². The molecule has 3 heteroatoms. The maximum atomic E-state index is 5.95. The summed E-state index contributed by atoms with van der Waals surface area (Å²) in [6, 6.07) is 14.4. The summed E-state index contributed by atoms with van der Waals surface area (Å²) in [7, 11) is 0. The molecule has 0 saturated heterocycles. The molecular weight excluding hydrogens is 222 g/mol. The second-order valence-electron chi connectivity index (χ2n) is 4.33. The quantitative estimate of drug-likeness (QED) is 0.845. The van der Waals surface area contributed by atoms with Crippen LogP contribution >= 0.6 is 0 Å². The van der Waals surface area contributed by atoms with Gasteiger partial charge >= 0.3 is 0 Å². The summed E-state index contributed by atoms with van der Waals surface area (Å²) in [5.74, 6) is 0.880. The summed E-state index contributed by atoms with van der Waals surface area (Å²) in [6.45, 7) is 2.86. The van der Waals surface area contributed by atoms with Crippen molar-refractivity contribution in [1.82, 2.24) is 4.98 Å². The molecule has 2 rings (SSSR count). The molecule has 0 amide bonds. The van der Waals surface area contributed by atoms with Crippen LogP contribution in [-0.4, -0.2) is 4.98 Å². The molecule has 1 aromatic heterocycles. The van der Waals surface area contributed by atoms with Gasteiger partial charge in [-0.15, -0.1) is 0 Å². The number of anilines is 1. The van der Waals surface area contributed by atoms with E-state index in [1.807, 2.05) is 36.5 Å². The van der Waals surface area contributed by atoms with Gasteiger partial charge in [0.1, 0.15) is 5.82 Å². The van der Waals surface area contributed by atoms with Gasteiger partial charge in [-0.25, -0.2) is 4.98 Å². The summed E-state index contributed by atoms with van der Waals surface area (Å²) >= 11 is 0. The van der Waals surface area contributed by atoms with Crippen LogP contribution in [0.15, 0.2) is 48.7 Å². The molecule has 0 saturated carbocycles. The predicted octanol–water partition coefficient (Wildman–Crippen LogP) is 3.10. The topological polar surface area (TPSA) is 50.9 Å². The second-order valence-corrected chi connectivity index (χ2v) is 4.33. The average Bonchev–Trinajstić information content (AvgIpc) is 2.46. The summed E-state index contributed by atoms with van der Waals surface area (Å²) in [4.78, 5) is 4.37. The molecule has 0 fully saturated rings. The first-order valence-corrected chi connectivity index (χ1v) is 6.29. The second kappa shape index (κ2) is 6.17. The van der Waals surface area contributed by atoms with Crippen LogP contribution in [-0.2, 0) is 6.54 Å². The number of nitrogens with zero attached hydrogens (tertiary/aromatic N) is 1. The van der Waals surface area contributed by atoms with E-state index in [1.54, 1.807) is 0 Å². The number of hydrogen-bond donors (Lipinski definition) is 2. The third kappa shape index (κ3) is 3.31. The van der Waals surface area contributed by atoms with E-state index in [4.69, 9.17) is 5.73 Å². The third-order valence-corrected chi connectivity index (χ3v) is 2.97. The molecule has 18 heavy (non-hydrogen) atoms. The number of aromatic nitrogens is 1. The van der Waals surface area contributed by atoms with E-state index in [1.165, 1.54) is 5.56 Å². The Morgan fingerprint density at radius 1 is 1.17 bits per heavy atom. The standard InChI is InChI=1S/C15H19N3/c1-2-14(16)13-8-9-15(18-11-13)17-10-12-6-4-3-5-7-12/h3-9,11,14H,2,10,16H2,1H3,(H,17,18)/t14-/m1/s1. The molecule has 0 unspecified atom stereocenters. The highest BCUT2D eigenvalue weighted by molar-refractivity contribution is 5.37. The van der Waals surface area contributed by atoms with Gasteiger partial charge < -0.3 is 11.1 Å². The number of benzene rings is 1. The Bertz CT molecular complexity index is 465. The van der Waals surface area contributed by atoms with Crippen molar-refractivity contribution in [3.8, 4) is 0 Å². The van der Waals surface area contributed by atoms with Crippen LogP contribution < -0.4 is 11.1 Å². The molecular formula is C15H19N3. The van der Waals surface area contributed by atoms with E-state index >= 15 is 0 Å². The maximum Gasteiger partial charge on any atom is 0.126 e. The van der Waals surface area contributed by atoms with Crippen molar-refractivity contribution in [3.63, 3.8) is 0 Å². The highest BCUT2D eigenvalue weighted by atomic mass is 15.0. The number of pyridine rings is 1. The molecule has 3 N–H and O–H groups in total. The minimum absolute atomic E-state index is 0.0840. The van der Waals surface area contributed by atoms with Crippen LogP contribution in [0.5, 0.6) is 0 Å². The van der Waals surface area contributed by atoms with Crippen molar-refractivity contribution in [2.24, 2.45) is 5.73 Å². The van der Waals surface area contributed by atoms with Crippen LogP contribution in [0, 0.1) is 0 Å². The van der Waals surface area contributed by atoms with Crippen molar-refractivity contribution in [2.75, 3.05) is 5.32 Å². The van der Waals surface area contributed by atoms with Crippen LogP contribution in [0.4, 0.5) is 5.82 Å². The minimum atomic E-state index is 0.0840. The smallest absolute Gasteiger partial charge is 0.126 e. The van der Waals surface area contributed by atoms with Crippen LogP contribution in [0.1, 0.15) is 30.5 Å². The maximum absolute atomic E-state index is 5.95. The Balaban J connectivity index is 1.94. The predicted molar refractivity (Wildman–Crippen MR) is 75.2 cm³/mol. The van der Waals surface area contributed by atoms with Gasteiger partial charge in [-0.1, -0.05) is 43.3 Å². The lowest BCUT2D eigenvalue weighted by Gasteiger charge is -2.10. The van der Waals surface area contributed by atoms with Gasteiger partial charge in [0, 0.05) is 18.8 Å². The first-order valence-electron chi connectivity index (χ1n) is 6.29. The Morgan fingerprint density at radius 2 is 1.94 bits per heavy atom. The lowest BCUT2D eigenvalue weighted by Crippen LogP contribution is -2.09. The fourth-order valence-corrected chi connectivity index (χ4v) is 1.75. The first kappa shape index (κ1) is 12.6. The van der Waals surface area contributed by atoms with Gasteiger partial charge in [0.2, 0.25) is 0 Å². The number of nitrogens with two attached hydrogens (primary N) is 1. The molecule has 0 bridgehead atoms. The molecule has 94 valence electrons. The molecule has 0 aliphatic carbocycles. The minimum Gasteiger partial charge on any atom is -0.366 e.